The average molecular weight is 219 g/mol. The van der Waals surface area contributed by atoms with Crippen molar-refractivity contribution in [1.82, 2.24) is 4.90 Å². The molecule has 0 saturated carbocycles. The molecule has 1 aliphatic heterocycles. The number of nitrogens with two attached hydrogens (primary N) is 1. The van der Waals surface area contributed by atoms with Crippen molar-refractivity contribution < 1.29 is 0 Å². The van der Waals surface area contributed by atoms with Gasteiger partial charge in [-0.05, 0) is 37.7 Å². The fourth-order valence-corrected chi connectivity index (χ4v) is 2.27. The summed E-state index contributed by atoms with van der Waals surface area (Å²) in [6.45, 7) is 8.01. The minimum absolute atomic E-state index is 0.856. The predicted octanol–water partition coefficient (Wildman–Crippen LogP) is 1.80. The molecule has 1 heterocycles. The van der Waals surface area contributed by atoms with Crippen LogP contribution in [0.1, 0.15) is 13.3 Å². The Morgan fingerprint density at radius 3 is 2.81 bits per heavy atom. The van der Waals surface area contributed by atoms with E-state index in [1.165, 1.54) is 18.7 Å². The van der Waals surface area contributed by atoms with Crippen LogP contribution in [0.15, 0.2) is 24.3 Å². The highest BCUT2D eigenvalue weighted by Gasteiger charge is 2.13. The molecular weight excluding hydrogens is 198 g/mol. The molecule has 16 heavy (non-hydrogen) atoms. The molecule has 88 valence electrons. The van der Waals surface area contributed by atoms with E-state index in [2.05, 4.69) is 28.9 Å². The fraction of sp³-hybridized carbons (Fsp3) is 0.538. The lowest BCUT2D eigenvalue weighted by Crippen LogP contribution is -2.30. The van der Waals surface area contributed by atoms with E-state index in [1.807, 2.05) is 12.1 Å². The van der Waals surface area contributed by atoms with Crippen molar-refractivity contribution in [1.29, 1.82) is 0 Å². The second-order valence-electron chi connectivity index (χ2n) is 4.37. The van der Waals surface area contributed by atoms with E-state index in [-0.39, 0.29) is 0 Å². The molecule has 3 heteroatoms. The lowest BCUT2D eigenvalue weighted by Gasteiger charge is -2.23. The van der Waals surface area contributed by atoms with Gasteiger partial charge in [0.15, 0.2) is 0 Å². The minimum atomic E-state index is 0.856. The summed E-state index contributed by atoms with van der Waals surface area (Å²) < 4.78 is 0. The molecule has 1 aromatic carbocycles. The highest BCUT2D eigenvalue weighted by Crippen LogP contribution is 2.19. The largest absolute Gasteiger partial charge is 0.399 e. The monoisotopic (exact) mass is 219 g/mol. The summed E-state index contributed by atoms with van der Waals surface area (Å²) in [5.74, 6) is 0. The smallest absolute Gasteiger partial charge is 0.0387 e. The standard InChI is InChI=1S/C13H21N3/c1-2-15-7-4-8-16(10-9-15)13-6-3-5-12(14)11-13/h3,5-6,11H,2,4,7-10,14H2,1H3. The van der Waals surface area contributed by atoms with Gasteiger partial charge in [-0.15, -0.1) is 0 Å². The Kier molecular flexibility index (Phi) is 3.67. The normalized spacial score (nSPS) is 18.4. The summed E-state index contributed by atoms with van der Waals surface area (Å²) in [7, 11) is 0. The molecule has 0 amide bonds. The molecule has 2 N–H and O–H groups in total. The lowest BCUT2D eigenvalue weighted by molar-refractivity contribution is 0.310. The molecule has 0 aromatic heterocycles. The molecule has 2 rings (SSSR count). The average Bonchev–Trinajstić information content (AvgIpc) is 2.54. The SMILES string of the molecule is CCN1CCCN(c2cccc(N)c2)CC1. The van der Waals surface area contributed by atoms with E-state index >= 15 is 0 Å². The molecule has 0 atom stereocenters. The van der Waals surface area contributed by atoms with Crippen LogP contribution in [0, 0.1) is 0 Å². The number of benzene rings is 1. The predicted molar refractivity (Wildman–Crippen MR) is 69.8 cm³/mol. The molecule has 0 bridgehead atoms. The Morgan fingerprint density at radius 2 is 2.06 bits per heavy atom. The Morgan fingerprint density at radius 1 is 1.19 bits per heavy atom. The van der Waals surface area contributed by atoms with Crippen molar-refractivity contribution >= 4 is 11.4 Å². The number of nitrogen functional groups attached to an aromatic ring is 1. The first-order valence-electron chi connectivity index (χ1n) is 6.12. The van der Waals surface area contributed by atoms with Crippen molar-refractivity contribution in [2.75, 3.05) is 43.4 Å². The van der Waals surface area contributed by atoms with Gasteiger partial charge in [0.1, 0.15) is 0 Å². The van der Waals surface area contributed by atoms with Crippen LogP contribution in [-0.2, 0) is 0 Å². The second-order valence-corrected chi connectivity index (χ2v) is 4.37. The number of rotatable bonds is 2. The first-order chi connectivity index (χ1) is 7.79. The molecule has 1 saturated heterocycles. The van der Waals surface area contributed by atoms with Gasteiger partial charge in [0.2, 0.25) is 0 Å². The van der Waals surface area contributed by atoms with Gasteiger partial charge in [-0.25, -0.2) is 0 Å². The summed E-state index contributed by atoms with van der Waals surface area (Å²) in [6.07, 6.45) is 1.24. The van der Waals surface area contributed by atoms with Crippen molar-refractivity contribution in [3.63, 3.8) is 0 Å². The van der Waals surface area contributed by atoms with Crippen LogP contribution in [-0.4, -0.2) is 37.6 Å². The quantitative estimate of drug-likeness (QED) is 0.770. The van der Waals surface area contributed by atoms with Gasteiger partial charge < -0.3 is 15.5 Å². The van der Waals surface area contributed by atoms with Gasteiger partial charge >= 0.3 is 0 Å². The zero-order chi connectivity index (χ0) is 11.4. The van der Waals surface area contributed by atoms with Gasteiger partial charge in [-0.2, -0.15) is 0 Å². The molecule has 3 nitrogen and oxygen atoms in total. The Bertz CT molecular complexity index is 338. The van der Waals surface area contributed by atoms with Crippen molar-refractivity contribution in [3.8, 4) is 0 Å². The van der Waals surface area contributed by atoms with Gasteiger partial charge in [0.05, 0.1) is 0 Å². The number of likely N-dealkylation sites (N-methyl/N-ethyl adjacent to an activating group) is 1. The molecule has 0 unspecified atom stereocenters. The van der Waals surface area contributed by atoms with Crippen LogP contribution in [0.25, 0.3) is 0 Å². The molecule has 0 radical (unpaired) electrons. The summed E-state index contributed by atoms with van der Waals surface area (Å²) in [6, 6.07) is 8.20. The van der Waals surface area contributed by atoms with Crippen LogP contribution in [0.5, 0.6) is 0 Å². The Labute approximate surface area is 97.8 Å². The van der Waals surface area contributed by atoms with Gasteiger partial charge in [0.25, 0.3) is 0 Å². The number of nitrogens with zero attached hydrogens (tertiary/aromatic N) is 2. The molecule has 0 spiro atoms. The van der Waals surface area contributed by atoms with E-state index in [0.29, 0.717) is 0 Å². The Balaban J connectivity index is 2.04. The van der Waals surface area contributed by atoms with E-state index in [4.69, 9.17) is 5.73 Å². The highest BCUT2D eigenvalue weighted by atomic mass is 15.2. The summed E-state index contributed by atoms with van der Waals surface area (Å²) in [4.78, 5) is 4.94. The first-order valence-corrected chi connectivity index (χ1v) is 6.12. The van der Waals surface area contributed by atoms with Crippen LogP contribution in [0.4, 0.5) is 11.4 Å². The van der Waals surface area contributed by atoms with E-state index in [0.717, 1.165) is 31.9 Å². The second kappa shape index (κ2) is 5.21. The van der Waals surface area contributed by atoms with E-state index < -0.39 is 0 Å². The number of hydrogen-bond donors (Lipinski definition) is 1. The number of anilines is 2. The topological polar surface area (TPSA) is 32.5 Å². The zero-order valence-electron chi connectivity index (χ0n) is 10.0. The maximum absolute atomic E-state index is 5.82. The number of hydrogen-bond acceptors (Lipinski definition) is 3. The summed E-state index contributed by atoms with van der Waals surface area (Å²) in [5, 5.41) is 0. The van der Waals surface area contributed by atoms with Crippen molar-refractivity contribution in [3.05, 3.63) is 24.3 Å². The molecule has 1 fully saturated rings. The lowest BCUT2D eigenvalue weighted by atomic mass is 10.2. The van der Waals surface area contributed by atoms with Gasteiger partial charge in [-0.1, -0.05) is 13.0 Å². The van der Waals surface area contributed by atoms with E-state index in [1.54, 1.807) is 0 Å². The van der Waals surface area contributed by atoms with Crippen molar-refractivity contribution in [2.24, 2.45) is 0 Å². The zero-order valence-corrected chi connectivity index (χ0v) is 10.0. The molecule has 1 aliphatic rings. The molecule has 1 aromatic rings. The maximum atomic E-state index is 5.82. The van der Waals surface area contributed by atoms with Crippen molar-refractivity contribution in [2.45, 2.75) is 13.3 Å². The highest BCUT2D eigenvalue weighted by molar-refractivity contribution is 5.55. The third kappa shape index (κ3) is 2.67. The third-order valence-corrected chi connectivity index (χ3v) is 3.27. The third-order valence-electron chi connectivity index (χ3n) is 3.27. The van der Waals surface area contributed by atoms with Crippen LogP contribution in [0.3, 0.4) is 0 Å². The summed E-state index contributed by atoms with van der Waals surface area (Å²) in [5.41, 5.74) is 7.94. The van der Waals surface area contributed by atoms with Gasteiger partial charge in [-0.3, -0.25) is 0 Å². The summed E-state index contributed by atoms with van der Waals surface area (Å²) >= 11 is 0. The van der Waals surface area contributed by atoms with Crippen LogP contribution < -0.4 is 10.6 Å². The van der Waals surface area contributed by atoms with Crippen LogP contribution >= 0.6 is 0 Å². The van der Waals surface area contributed by atoms with Crippen LogP contribution in [0.2, 0.25) is 0 Å². The van der Waals surface area contributed by atoms with E-state index in [9.17, 15) is 0 Å². The first kappa shape index (κ1) is 11.3. The minimum Gasteiger partial charge on any atom is -0.399 e. The molecular formula is C13H21N3. The maximum Gasteiger partial charge on any atom is 0.0387 e. The Hall–Kier alpha value is -1.22. The fourth-order valence-electron chi connectivity index (χ4n) is 2.27. The van der Waals surface area contributed by atoms with Gasteiger partial charge in [0, 0.05) is 31.0 Å². The molecule has 0 aliphatic carbocycles.